The molecule has 1 heterocycles. The number of nitrogen functional groups attached to an aromatic ring is 1. The van der Waals surface area contributed by atoms with E-state index >= 15 is 0 Å². The van der Waals surface area contributed by atoms with Crippen LogP contribution in [0.2, 0.25) is 0 Å². The van der Waals surface area contributed by atoms with Crippen molar-refractivity contribution in [3.05, 3.63) is 35.5 Å². The van der Waals surface area contributed by atoms with Crippen molar-refractivity contribution in [1.29, 1.82) is 0 Å². The van der Waals surface area contributed by atoms with Crippen LogP contribution in [0.1, 0.15) is 37.3 Å². The Bertz CT molecular complexity index is 643. The van der Waals surface area contributed by atoms with Crippen LogP contribution in [0, 0.1) is 18.6 Å². The standard InChI is InChI=1S/C15H17F2N3/c1-9-6-13(17)11(7-12(9)16)15-14(18)8-20(19-15)10-4-2-3-5-10/h6-8,10H,2-5,18H2,1H3. The molecule has 0 atom stereocenters. The van der Waals surface area contributed by atoms with Crippen LogP contribution in [0.15, 0.2) is 18.3 Å². The molecule has 1 aliphatic carbocycles. The number of aryl methyl sites for hydroxylation is 1. The third-order valence-corrected chi connectivity index (χ3v) is 3.96. The molecule has 0 amide bonds. The van der Waals surface area contributed by atoms with E-state index in [0.29, 0.717) is 17.4 Å². The number of hydrogen-bond acceptors (Lipinski definition) is 2. The second-order valence-electron chi connectivity index (χ2n) is 5.43. The summed E-state index contributed by atoms with van der Waals surface area (Å²) in [4.78, 5) is 0. The molecule has 1 fully saturated rings. The Kier molecular flexibility index (Phi) is 3.20. The van der Waals surface area contributed by atoms with Gasteiger partial charge >= 0.3 is 0 Å². The number of rotatable bonds is 2. The van der Waals surface area contributed by atoms with Gasteiger partial charge < -0.3 is 5.73 Å². The molecule has 5 heteroatoms. The summed E-state index contributed by atoms with van der Waals surface area (Å²) >= 11 is 0. The Morgan fingerprint density at radius 1 is 1.20 bits per heavy atom. The molecule has 2 aromatic rings. The molecular formula is C15H17F2N3. The monoisotopic (exact) mass is 277 g/mol. The maximum atomic E-state index is 14.0. The van der Waals surface area contributed by atoms with Gasteiger partial charge in [0.1, 0.15) is 17.3 Å². The van der Waals surface area contributed by atoms with Gasteiger partial charge in [0.15, 0.2) is 0 Å². The number of aromatic nitrogens is 2. The van der Waals surface area contributed by atoms with Gasteiger partial charge in [0, 0.05) is 11.8 Å². The topological polar surface area (TPSA) is 43.8 Å². The van der Waals surface area contributed by atoms with Crippen LogP contribution in [0.25, 0.3) is 11.3 Å². The van der Waals surface area contributed by atoms with Crippen molar-refractivity contribution < 1.29 is 8.78 Å². The van der Waals surface area contributed by atoms with E-state index in [1.165, 1.54) is 31.9 Å². The molecule has 106 valence electrons. The van der Waals surface area contributed by atoms with Crippen LogP contribution in [0.3, 0.4) is 0 Å². The van der Waals surface area contributed by atoms with Crippen molar-refractivity contribution >= 4 is 5.69 Å². The van der Waals surface area contributed by atoms with Crippen LogP contribution >= 0.6 is 0 Å². The molecule has 0 saturated heterocycles. The largest absolute Gasteiger partial charge is 0.396 e. The van der Waals surface area contributed by atoms with Crippen molar-refractivity contribution in [3.8, 4) is 11.3 Å². The highest BCUT2D eigenvalue weighted by Gasteiger charge is 2.21. The Balaban J connectivity index is 2.04. The lowest BCUT2D eigenvalue weighted by Crippen LogP contribution is -2.05. The highest BCUT2D eigenvalue weighted by molar-refractivity contribution is 5.72. The first kappa shape index (κ1) is 13.1. The van der Waals surface area contributed by atoms with Gasteiger partial charge in [-0.1, -0.05) is 12.8 Å². The summed E-state index contributed by atoms with van der Waals surface area (Å²) in [5, 5.41) is 4.38. The van der Waals surface area contributed by atoms with Gasteiger partial charge in [-0.05, 0) is 37.5 Å². The average molecular weight is 277 g/mol. The maximum absolute atomic E-state index is 14.0. The predicted octanol–water partition coefficient (Wildman–Crippen LogP) is 3.83. The zero-order chi connectivity index (χ0) is 14.3. The van der Waals surface area contributed by atoms with Crippen molar-refractivity contribution in [3.63, 3.8) is 0 Å². The van der Waals surface area contributed by atoms with E-state index in [4.69, 9.17) is 5.73 Å². The number of hydrogen-bond donors (Lipinski definition) is 1. The molecule has 20 heavy (non-hydrogen) atoms. The molecule has 0 bridgehead atoms. The Morgan fingerprint density at radius 2 is 1.90 bits per heavy atom. The Labute approximate surface area is 116 Å². The lowest BCUT2D eigenvalue weighted by molar-refractivity contribution is 0.468. The van der Waals surface area contributed by atoms with Crippen molar-refractivity contribution in [2.45, 2.75) is 38.6 Å². The molecule has 3 nitrogen and oxygen atoms in total. The smallest absolute Gasteiger partial charge is 0.133 e. The molecule has 3 rings (SSSR count). The van der Waals surface area contributed by atoms with Crippen molar-refractivity contribution in [2.75, 3.05) is 5.73 Å². The average Bonchev–Trinajstić information content (AvgIpc) is 3.03. The minimum absolute atomic E-state index is 0.127. The lowest BCUT2D eigenvalue weighted by Gasteiger charge is -2.08. The highest BCUT2D eigenvalue weighted by Crippen LogP contribution is 2.33. The fraction of sp³-hybridized carbons (Fsp3) is 0.400. The number of nitrogens with two attached hydrogens (primary N) is 1. The summed E-state index contributed by atoms with van der Waals surface area (Å²) in [7, 11) is 0. The normalized spacial score (nSPS) is 15.9. The van der Waals surface area contributed by atoms with Crippen LogP contribution in [-0.2, 0) is 0 Å². The lowest BCUT2D eigenvalue weighted by atomic mass is 10.1. The number of halogens is 2. The summed E-state index contributed by atoms with van der Waals surface area (Å²) in [5.41, 5.74) is 7.05. The first-order valence-electron chi connectivity index (χ1n) is 6.87. The second-order valence-corrected chi connectivity index (χ2v) is 5.43. The molecule has 1 aliphatic rings. The number of anilines is 1. The van der Waals surface area contributed by atoms with Gasteiger partial charge in [0.25, 0.3) is 0 Å². The molecular weight excluding hydrogens is 260 g/mol. The minimum atomic E-state index is -0.493. The van der Waals surface area contributed by atoms with E-state index in [-0.39, 0.29) is 11.1 Å². The molecule has 1 saturated carbocycles. The van der Waals surface area contributed by atoms with Crippen LogP contribution < -0.4 is 5.73 Å². The van der Waals surface area contributed by atoms with E-state index < -0.39 is 11.6 Å². The Morgan fingerprint density at radius 3 is 2.60 bits per heavy atom. The van der Waals surface area contributed by atoms with Gasteiger partial charge in [0.05, 0.1) is 11.7 Å². The first-order valence-corrected chi connectivity index (χ1v) is 6.87. The van der Waals surface area contributed by atoms with E-state index in [9.17, 15) is 8.78 Å². The van der Waals surface area contributed by atoms with Crippen LogP contribution in [-0.4, -0.2) is 9.78 Å². The van der Waals surface area contributed by atoms with E-state index in [1.807, 2.05) is 0 Å². The molecule has 0 unspecified atom stereocenters. The number of nitrogens with zero attached hydrogens (tertiary/aromatic N) is 2. The summed E-state index contributed by atoms with van der Waals surface area (Å²) in [6.45, 7) is 1.53. The van der Waals surface area contributed by atoms with Crippen molar-refractivity contribution in [1.82, 2.24) is 9.78 Å². The van der Waals surface area contributed by atoms with Gasteiger partial charge in [-0.25, -0.2) is 8.78 Å². The molecule has 0 spiro atoms. The van der Waals surface area contributed by atoms with Gasteiger partial charge in [0.2, 0.25) is 0 Å². The summed E-state index contributed by atoms with van der Waals surface area (Å²) in [5.74, 6) is -0.941. The summed E-state index contributed by atoms with van der Waals surface area (Å²) < 4.78 is 29.5. The minimum Gasteiger partial charge on any atom is -0.396 e. The fourth-order valence-corrected chi connectivity index (χ4v) is 2.80. The van der Waals surface area contributed by atoms with Gasteiger partial charge in [-0.3, -0.25) is 4.68 Å². The fourth-order valence-electron chi connectivity index (χ4n) is 2.80. The zero-order valence-corrected chi connectivity index (χ0v) is 11.4. The summed E-state index contributed by atoms with van der Waals surface area (Å²) in [6.07, 6.45) is 6.19. The number of benzene rings is 1. The van der Waals surface area contributed by atoms with Gasteiger partial charge in [-0.15, -0.1) is 0 Å². The molecule has 0 aliphatic heterocycles. The Hall–Kier alpha value is -1.91. The predicted molar refractivity (Wildman–Crippen MR) is 74.2 cm³/mol. The van der Waals surface area contributed by atoms with Gasteiger partial charge in [-0.2, -0.15) is 5.10 Å². The second kappa shape index (κ2) is 4.89. The van der Waals surface area contributed by atoms with E-state index in [1.54, 1.807) is 10.9 Å². The van der Waals surface area contributed by atoms with E-state index in [2.05, 4.69) is 5.10 Å². The highest BCUT2D eigenvalue weighted by atomic mass is 19.1. The summed E-state index contributed by atoms with van der Waals surface area (Å²) in [6, 6.07) is 2.67. The van der Waals surface area contributed by atoms with E-state index in [0.717, 1.165) is 12.8 Å². The van der Waals surface area contributed by atoms with Crippen LogP contribution in [0.4, 0.5) is 14.5 Å². The molecule has 1 aromatic carbocycles. The molecule has 2 N–H and O–H groups in total. The maximum Gasteiger partial charge on any atom is 0.133 e. The third kappa shape index (κ3) is 2.17. The molecule has 1 aromatic heterocycles. The zero-order valence-electron chi connectivity index (χ0n) is 11.4. The molecule has 0 radical (unpaired) electrons. The SMILES string of the molecule is Cc1cc(F)c(-c2nn(C3CCCC3)cc2N)cc1F. The van der Waals surface area contributed by atoms with Crippen LogP contribution in [0.5, 0.6) is 0 Å². The van der Waals surface area contributed by atoms with Crippen molar-refractivity contribution in [2.24, 2.45) is 0 Å². The quantitative estimate of drug-likeness (QED) is 0.906. The first-order chi connectivity index (χ1) is 9.56. The third-order valence-electron chi connectivity index (χ3n) is 3.96.